The van der Waals surface area contributed by atoms with Crippen LogP contribution < -0.4 is 18.9 Å². The van der Waals surface area contributed by atoms with Crippen LogP contribution in [-0.2, 0) is 6.42 Å². The van der Waals surface area contributed by atoms with Crippen molar-refractivity contribution in [1.29, 1.82) is 0 Å². The van der Waals surface area contributed by atoms with Crippen molar-refractivity contribution in [2.75, 3.05) is 28.4 Å². The molecule has 0 saturated carbocycles. The van der Waals surface area contributed by atoms with Crippen molar-refractivity contribution < 1.29 is 18.9 Å². The summed E-state index contributed by atoms with van der Waals surface area (Å²) in [6.45, 7) is 1.99. The van der Waals surface area contributed by atoms with Crippen molar-refractivity contribution in [1.82, 2.24) is 0 Å². The Morgan fingerprint density at radius 1 is 0.864 bits per heavy atom. The third-order valence-corrected chi connectivity index (χ3v) is 3.65. The quantitative estimate of drug-likeness (QED) is 0.819. The molecule has 22 heavy (non-hydrogen) atoms. The van der Waals surface area contributed by atoms with Crippen LogP contribution in [0.15, 0.2) is 24.3 Å². The Labute approximate surface area is 131 Å². The molecule has 2 aromatic rings. The van der Waals surface area contributed by atoms with Crippen molar-refractivity contribution in [3.63, 3.8) is 0 Å². The van der Waals surface area contributed by atoms with E-state index in [-0.39, 0.29) is 0 Å². The minimum atomic E-state index is 0.544. The first kappa shape index (κ1) is 16.0. The van der Waals surface area contributed by atoms with E-state index in [9.17, 15) is 0 Å². The van der Waals surface area contributed by atoms with Gasteiger partial charge in [-0.25, -0.2) is 0 Å². The summed E-state index contributed by atoms with van der Waals surface area (Å²) in [6.07, 6.45) is 0.697. The summed E-state index contributed by atoms with van der Waals surface area (Å²) < 4.78 is 22.1. The van der Waals surface area contributed by atoms with Crippen LogP contribution in [0.25, 0.3) is 0 Å². The van der Waals surface area contributed by atoms with E-state index in [0.717, 1.165) is 16.7 Å². The van der Waals surface area contributed by atoms with Gasteiger partial charge >= 0.3 is 0 Å². The second kappa shape index (κ2) is 7.07. The number of hydrogen-bond acceptors (Lipinski definition) is 4. The maximum absolute atomic E-state index is 5.59. The molecule has 2 rings (SSSR count). The highest BCUT2D eigenvalue weighted by molar-refractivity contribution is 5.67. The van der Waals surface area contributed by atoms with Gasteiger partial charge in [-0.15, -0.1) is 0 Å². The molecule has 0 aliphatic carbocycles. The van der Waals surface area contributed by atoms with Gasteiger partial charge in [0.05, 0.1) is 28.4 Å². The van der Waals surface area contributed by atoms with Gasteiger partial charge in [-0.3, -0.25) is 0 Å². The van der Waals surface area contributed by atoms with Gasteiger partial charge in [-0.2, -0.15) is 0 Å². The number of hydrogen-bond donors (Lipinski definition) is 0. The van der Waals surface area contributed by atoms with Crippen LogP contribution in [-0.4, -0.2) is 28.4 Å². The summed E-state index contributed by atoms with van der Waals surface area (Å²) in [7, 11) is 6.43. The average molecular weight is 301 g/mol. The fourth-order valence-electron chi connectivity index (χ4n) is 2.61. The van der Waals surface area contributed by atoms with E-state index in [1.807, 2.05) is 25.1 Å². The molecule has 2 aromatic carbocycles. The van der Waals surface area contributed by atoms with E-state index >= 15 is 0 Å². The number of rotatable bonds is 6. The Morgan fingerprint density at radius 2 is 1.45 bits per heavy atom. The Balaban J connectivity index is 2.66. The summed E-state index contributed by atoms with van der Waals surface area (Å²) in [5.74, 6) is 2.42. The second-order valence-electron chi connectivity index (χ2n) is 4.83. The fourth-order valence-corrected chi connectivity index (χ4v) is 2.61. The molecule has 0 amide bonds. The maximum atomic E-state index is 5.59. The monoisotopic (exact) mass is 301 g/mol. The molecule has 0 N–H and O–H groups in total. The normalized spacial score (nSPS) is 10.2. The molecule has 0 fully saturated rings. The minimum Gasteiger partial charge on any atom is -0.492 e. The van der Waals surface area contributed by atoms with E-state index in [4.69, 9.17) is 18.9 Å². The fraction of sp³-hybridized carbons (Fsp3) is 0.333. The highest BCUT2D eigenvalue weighted by atomic mass is 16.5. The van der Waals surface area contributed by atoms with Crippen LogP contribution >= 0.6 is 0 Å². The van der Waals surface area contributed by atoms with Gasteiger partial charge < -0.3 is 18.9 Å². The first-order valence-electron chi connectivity index (χ1n) is 6.98. The summed E-state index contributed by atoms with van der Waals surface area (Å²) in [6, 6.07) is 10.9. The van der Waals surface area contributed by atoms with E-state index in [0.29, 0.717) is 29.4 Å². The molecule has 0 spiro atoms. The van der Waals surface area contributed by atoms with Crippen molar-refractivity contribution in [2.45, 2.75) is 13.3 Å². The molecule has 4 heteroatoms. The molecule has 0 heterocycles. The molecule has 0 saturated heterocycles. The van der Waals surface area contributed by atoms with Gasteiger partial charge in [0.2, 0.25) is 11.5 Å². The lowest BCUT2D eigenvalue weighted by Crippen LogP contribution is -2.05. The molecule has 0 atom stereocenters. The molecule has 4 nitrogen and oxygen atoms in total. The van der Waals surface area contributed by atoms with Gasteiger partial charge in [0.25, 0.3) is 0 Å². The first-order chi connectivity index (χ1) is 10.7. The first-order valence-corrected chi connectivity index (χ1v) is 6.98. The van der Waals surface area contributed by atoms with Crippen molar-refractivity contribution in [3.05, 3.63) is 47.0 Å². The van der Waals surface area contributed by atoms with Crippen molar-refractivity contribution in [3.8, 4) is 23.0 Å². The van der Waals surface area contributed by atoms with Crippen LogP contribution in [0, 0.1) is 13.0 Å². The lowest BCUT2D eigenvalue weighted by molar-refractivity contribution is 0.302. The third-order valence-electron chi connectivity index (χ3n) is 3.65. The largest absolute Gasteiger partial charge is 0.492 e. The van der Waals surface area contributed by atoms with Crippen LogP contribution in [0.4, 0.5) is 0 Å². The Bertz CT molecular complexity index is 636. The Morgan fingerprint density at radius 3 is 1.95 bits per heavy atom. The second-order valence-corrected chi connectivity index (χ2v) is 4.83. The molecule has 117 valence electrons. The zero-order valence-corrected chi connectivity index (χ0v) is 13.6. The van der Waals surface area contributed by atoms with E-state index in [1.165, 1.54) is 0 Å². The molecular weight excluding hydrogens is 280 g/mol. The van der Waals surface area contributed by atoms with Gasteiger partial charge in [0.15, 0.2) is 11.5 Å². The lowest BCUT2D eigenvalue weighted by Gasteiger charge is -2.21. The molecular formula is C18H21O4. The highest BCUT2D eigenvalue weighted by Gasteiger charge is 2.25. The minimum absolute atomic E-state index is 0.544. The molecule has 0 unspecified atom stereocenters. The van der Waals surface area contributed by atoms with Gasteiger partial charge in [-0.05, 0) is 18.6 Å². The van der Waals surface area contributed by atoms with Crippen LogP contribution in [0.5, 0.6) is 23.0 Å². The SMILES string of the molecule is COc1c(C)c(Cc2c[c]ccc2)c(OC)c(OC)c1OC. The van der Waals surface area contributed by atoms with Crippen molar-refractivity contribution in [2.24, 2.45) is 0 Å². The zero-order valence-electron chi connectivity index (χ0n) is 13.6. The molecule has 0 aliphatic rings. The summed E-state index contributed by atoms with van der Waals surface area (Å²) in [5, 5.41) is 0. The van der Waals surface area contributed by atoms with Gasteiger partial charge in [-0.1, -0.05) is 24.3 Å². The Hall–Kier alpha value is -2.36. The Kier molecular flexibility index (Phi) is 5.15. The predicted molar refractivity (Wildman–Crippen MR) is 85.5 cm³/mol. The zero-order chi connectivity index (χ0) is 16.1. The number of ether oxygens (including phenoxy) is 4. The van der Waals surface area contributed by atoms with Gasteiger partial charge in [0.1, 0.15) is 0 Å². The average Bonchev–Trinajstić information content (AvgIpc) is 2.56. The maximum Gasteiger partial charge on any atom is 0.207 e. The molecule has 0 aromatic heterocycles. The van der Waals surface area contributed by atoms with E-state index in [2.05, 4.69) is 12.1 Å². The topological polar surface area (TPSA) is 36.9 Å². The molecule has 1 radical (unpaired) electrons. The van der Waals surface area contributed by atoms with Crippen LogP contribution in [0.2, 0.25) is 0 Å². The van der Waals surface area contributed by atoms with Crippen LogP contribution in [0.1, 0.15) is 16.7 Å². The molecule has 0 aliphatic heterocycles. The molecule has 0 bridgehead atoms. The summed E-state index contributed by atoms with van der Waals surface area (Å²) >= 11 is 0. The van der Waals surface area contributed by atoms with Crippen LogP contribution in [0.3, 0.4) is 0 Å². The van der Waals surface area contributed by atoms with E-state index in [1.54, 1.807) is 28.4 Å². The summed E-state index contributed by atoms with van der Waals surface area (Å²) in [5.41, 5.74) is 3.12. The number of benzene rings is 2. The van der Waals surface area contributed by atoms with Crippen molar-refractivity contribution >= 4 is 0 Å². The van der Waals surface area contributed by atoms with E-state index < -0.39 is 0 Å². The lowest BCUT2D eigenvalue weighted by atomic mass is 9.97. The summed E-state index contributed by atoms with van der Waals surface area (Å²) in [4.78, 5) is 0. The number of methoxy groups -OCH3 is 4. The third kappa shape index (κ3) is 2.82. The smallest absolute Gasteiger partial charge is 0.207 e. The highest BCUT2D eigenvalue weighted by Crippen LogP contribution is 2.49. The predicted octanol–water partition coefficient (Wildman–Crippen LogP) is 3.42. The standard InChI is InChI=1S/C18H21O4/c1-12-14(11-13-9-7-6-8-10-13)16(20-3)18(22-5)17(21-4)15(12)19-2/h6-7,9-10H,11H2,1-5H3. The van der Waals surface area contributed by atoms with Gasteiger partial charge in [0, 0.05) is 17.5 Å².